The highest BCUT2D eigenvalue weighted by Gasteiger charge is 2.21. The number of aromatic nitrogens is 1. The van der Waals surface area contributed by atoms with Gasteiger partial charge in [0, 0.05) is 11.8 Å². The van der Waals surface area contributed by atoms with Crippen LogP contribution in [0.3, 0.4) is 0 Å². The summed E-state index contributed by atoms with van der Waals surface area (Å²) in [5.41, 5.74) is -0.413. The molecular weight excluding hydrogens is 278 g/mol. The highest BCUT2D eigenvalue weighted by Crippen LogP contribution is 2.26. The van der Waals surface area contributed by atoms with E-state index in [1.165, 1.54) is 18.2 Å². The number of carboxylic acids is 1. The lowest BCUT2D eigenvalue weighted by Gasteiger charge is -2.12. The van der Waals surface area contributed by atoms with Crippen LogP contribution in [0.2, 0.25) is 0 Å². The molecule has 0 spiro atoms. The molecular formula is C13H13N3O5. The van der Waals surface area contributed by atoms with Crippen molar-refractivity contribution >= 4 is 17.3 Å². The zero-order chi connectivity index (χ0) is 15.6. The Balaban J connectivity index is 2.27. The van der Waals surface area contributed by atoms with Gasteiger partial charge in [0.25, 0.3) is 5.69 Å². The van der Waals surface area contributed by atoms with Crippen molar-refractivity contribution in [3.8, 4) is 0 Å². The summed E-state index contributed by atoms with van der Waals surface area (Å²) in [4.78, 5) is 25.2. The number of nitro benzene ring substituents is 1. The Kier molecular flexibility index (Phi) is 3.88. The van der Waals surface area contributed by atoms with Crippen LogP contribution < -0.4 is 5.32 Å². The first-order valence-corrected chi connectivity index (χ1v) is 6.09. The molecule has 1 unspecified atom stereocenters. The van der Waals surface area contributed by atoms with E-state index in [-0.39, 0.29) is 11.6 Å². The van der Waals surface area contributed by atoms with Crippen molar-refractivity contribution in [2.75, 3.05) is 5.32 Å². The topological polar surface area (TPSA) is 119 Å². The molecule has 8 nitrogen and oxygen atoms in total. The molecule has 1 heterocycles. The van der Waals surface area contributed by atoms with E-state index in [9.17, 15) is 14.9 Å². The van der Waals surface area contributed by atoms with Crippen LogP contribution >= 0.6 is 0 Å². The van der Waals surface area contributed by atoms with Crippen LogP contribution in [0.4, 0.5) is 11.4 Å². The number of nitrogens with zero attached hydrogens (tertiary/aromatic N) is 2. The standard InChI is InChI=1S/C13H13N3O5/c1-7-6-14-12(21-7)8(2)15-9-3-4-10(13(17)18)11(5-9)16(19)20/h3-6,8,15H,1-2H3,(H,17,18). The summed E-state index contributed by atoms with van der Waals surface area (Å²) in [6, 6.07) is 3.52. The molecule has 0 saturated carbocycles. The van der Waals surface area contributed by atoms with Crippen LogP contribution in [0, 0.1) is 17.0 Å². The molecule has 2 N–H and O–H groups in total. The van der Waals surface area contributed by atoms with Crippen molar-refractivity contribution in [1.82, 2.24) is 4.98 Å². The number of anilines is 1. The number of benzene rings is 1. The van der Waals surface area contributed by atoms with Crippen LogP contribution in [0.5, 0.6) is 0 Å². The zero-order valence-corrected chi connectivity index (χ0v) is 11.4. The van der Waals surface area contributed by atoms with E-state index in [2.05, 4.69) is 10.3 Å². The second-order valence-electron chi connectivity index (χ2n) is 4.47. The van der Waals surface area contributed by atoms with Gasteiger partial charge in [-0.1, -0.05) is 0 Å². The molecule has 21 heavy (non-hydrogen) atoms. The molecule has 110 valence electrons. The predicted octanol–water partition coefficient (Wildman–Crippen LogP) is 2.76. The monoisotopic (exact) mass is 291 g/mol. The van der Waals surface area contributed by atoms with E-state index in [1.807, 2.05) is 0 Å². The maximum Gasteiger partial charge on any atom is 0.342 e. The number of aryl methyl sites for hydroxylation is 1. The van der Waals surface area contributed by atoms with Gasteiger partial charge in [-0.05, 0) is 26.0 Å². The molecule has 0 saturated heterocycles. The number of nitro groups is 1. The summed E-state index contributed by atoms with van der Waals surface area (Å²) in [5, 5.41) is 22.8. The van der Waals surface area contributed by atoms with Crippen LogP contribution in [0.25, 0.3) is 0 Å². The van der Waals surface area contributed by atoms with Crippen molar-refractivity contribution < 1.29 is 19.2 Å². The molecule has 0 bridgehead atoms. The zero-order valence-electron chi connectivity index (χ0n) is 11.4. The van der Waals surface area contributed by atoms with Crippen molar-refractivity contribution in [2.24, 2.45) is 0 Å². The highest BCUT2D eigenvalue weighted by atomic mass is 16.6. The van der Waals surface area contributed by atoms with E-state index < -0.39 is 16.6 Å². The van der Waals surface area contributed by atoms with Gasteiger partial charge >= 0.3 is 5.97 Å². The van der Waals surface area contributed by atoms with Crippen molar-refractivity contribution in [1.29, 1.82) is 0 Å². The Bertz CT molecular complexity index is 695. The minimum Gasteiger partial charge on any atom is -0.477 e. The Morgan fingerprint density at radius 1 is 1.52 bits per heavy atom. The Labute approximate surface area is 119 Å². The van der Waals surface area contributed by atoms with E-state index in [0.29, 0.717) is 17.3 Å². The Morgan fingerprint density at radius 3 is 2.76 bits per heavy atom. The van der Waals surface area contributed by atoms with Crippen molar-refractivity contribution in [3.63, 3.8) is 0 Å². The molecule has 1 aromatic heterocycles. The van der Waals surface area contributed by atoms with Crippen LogP contribution in [-0.2, 0) is 0 Å². The molecule has 0 aliphatic carbocycles. The number of carboxylic acid groups (broad SMARTS) is 1. The molecule has 0 aliphatic rings. The van der Waals surface area contributed by atoms with Crippen LogP contribution in [-0.4, -0.2) is 21.0 Å². The lowest BCUT2D eigenvalue weighted by atomic mass is 10.1. The SMILES string of the molecule is Cc1cnc(C(C)Nc2ccc(C(=O)O)c([N+](=O)[O-])c2)o1. The number of aromatic carboxylic acids is 1. The van der Waals surface area contributed by atoms with Gasteiger partial charge in [-0.2, -0.15) is 0 Å². The first kappa shape index (κ1) is 14.5. The van der Waals surface area contributed by atoms with Crippen LogP contribution in [0.1, 0.15) is 35.0 Å². The lowest BCUT2D eigenvalue weighted by Crippen LogP contribution is -2.08. The van der Waals surface area contributed by atoms with E-state index >= 15 is 0 Å². The normalized spacial score (nSPS) is 11.9. The first-order valence-electron chi connectivity index (χ1n) is 6.09. The van der Waals surface area contributed by atoms with Crippen LogP contribution in [0.15, 0.2) is 28.8 Å². The van der Waals surface area contributed by atoms with Gasteiger partial charge in [0.05, 0.1) is 11.1 Å². The fourth-order valence-electron chi connectivity index (χ4n) is 1.84. The number of hydrogen-bond donors (Lipinski definition) is 2. The summed E-state index contributed by atoms with van der Waals surface area (Å²) in [5.74, 6) is -0.243. The number of carbonyl (C=O) groups is 1. The predicted molar refractivity (Wildman–Crippen MR) is 73.3 cm³/mol. The van der Waals surface area contributed by atoms with Gasteiger partial charge in [-0.15, -0.1) is 0 Å². The smallest absolute Gasteiger partial charge is 0.342 e. The van der Waals surface area contributed by atoms with Gasteiger partial charge in [-0.25, -0.2) is 9.78 Å². The Hall–Kier alpha value is -2.90. The lowest BCUT2D eigenvalue weighted by molar-refractivity contribution is -0.385. The molecule has 0 amide bonds. The maximum atomic E-state index is 10.9. The summed E-state index contributed by atoms with van der Waals surface area (Å²) < 4.78 is 5.36. The molecule has 1 atom stereocenters. The largest absolute Gasteiger partial charge is 0.477 e. The molecule has 8 heteroatoms. The van der Waals surface area contributed by atoms with Gasteiger partial charge in [-0.3, -0.25) is 10.1 Å². The Morgan fingerprint density at radius 2 is 2.24 bits per heavy atom. The van der Waals surface area contributed by atoms with Crippen molar-refractivity contribution in [3.05, 3.63) is 51.7 Å². The number of nitrogens with one attached hydrogen (secondary N) is 1. The second-order valence-corrected chi connectivity index (χ2v) is 4.47. The molecule has 2 aromatic rings. The maximum absolute atomic E-state index is 10.9. The number of oxazole rings is 1. The quantitative estimate of drug-likeness (QED) is 0.642. The fourth-order valence-corrected chi connectivity index (χ4v) is 1.84. The second kappa shape index (κ2) is 5.61. The average Bonchev–Trinajstić information content (AvgIpc) is 2.85. The van der Waals surface area contributed by atoms with Gasteiger partial charge in [0.1, 0.15) is 17.4 Å². The number of rotatable bonds is 5. The summed E-state index contributed by atoms with van der Waals surface area (Å²) >= 11 is 0. The average molecular weight is 291 g/mol. The van der Waals surface area contributed by atoms with Gasteiger partial charge in [0.15, 0.2) is 0 Å². The third kappa shape index (κ3) is 3.16. The third-order valence-electron chi connectivity index (χ3n) is 2.82. The first-order chi connectivity index (χ1) is 9.88. The molecule has 1 aromatic carbocycles. The van der Waals surface area contributed by atoms with Gasteiger partial charge in [0.2, 0.25) is 5.89 Å². The van der Waals surface area contributed by atoms with E-state index in [1.54, 1.807) is 20.0 Å². The van der Waals surface area contributed by atoms with Crippen molar-refractivity contribution in [2.45, 2.75) is 19.9 Å². The summed E-state index contributed by atoms with van der Waals surface area (Å²) in [6.07, 6.45) is 1.57. The summed E-state index contributed by atoms with van der Waals surface area (Å²) in [7, 11) is 0. The van der Waals surface area contributed by atoms with E-state index in [0.717, 1.165) is 0 Å². The highest BCUT2D eigenvalue weighted by molar-refractivity contribution is 5.93. The molecule has 0 aliphatic heterocycles. The number of hydrogen-bond acceptors (Lipinski definition) is 6. The van der Waals surface area contributed by atoms with E-state index in [4.69, 9.17) is 9.52 Å². The molecule has 2 rings (SSSR count). The molecule has 0 fully saturated rings. The molecule has 0 radical (unpaired) electrons. The minimum atomic E-state index is -1.34. The minimum absolute atomic E-state index is 0.311. The third-order valence-corrected chi connectivity index (χ3v) is 2.82. The van der Waals surface area contributed by atoms with Gasteiger partial charge < -0.3 is 14.8 Å². The fraction of sp³-hybridized carbons (Fsp3) is 0.231. The summed E-state index contributed by atoms with van der Waals surface area (Å²) in [6.45, 7) is 3.54.